The van der Waals surface area contributed by atoms with Gasteiger partial charge in [-0.05, 0) is 23.5 Å². The highest BCUT2D eigenvalue weighted by Gasteiger charge is 2.71. The van der Waals surface area contributed by atoms with Gasteiger partial charge in [-0.2, -0.15) is 5.26 Å². The van der Waals surface area contributed by atoms with E-state index in [1.165, 1.54) is 12.3 Å². The van der Waals surface area contributed by atoms with E-state index in [2.05, 4.69) is 4.98 Å². The van der Waals surface area contributed by atoms with Crippen LogP contribution >= 0.6 is 0 Å². The van der Waals surface area contributed by atoms with E-state index in [1.54, 1.807) is 4.90 Å². The van der Waals surface area contributed by atoms with Crippen molar-refractivity contribution in [1.82, 2.24) is 9.88 Å². The molecule has 1 saturated heterocycles. The van der Waals surface area contributed by atoms with Crippen molar-refractivity contribution in [2.45, 2.75) is 12.0 Å². The van der Waals surface area contributed by atoms with Gasteiger partial charge in [-0.1, -0.05) is 30.3 Å². The summed E-state index contributed by atoms with van der Waals surface area (Å²) in [6, 6.07) is 13.3. The van der Waals surface area contributed by atoms with Crippen LogP contribution in [0.2, 0.25) is 0 Å². The fourth-order valence-corrected chi connectivity index (χ4v) is 4.48. The van der Waals surface area contributed by atoms with Gasteiger partial charge in [0.25, 0.3) is 5.91 Å². The molecule has 0 bridgehead atoms. The van der Waals surface area contributed by atoms with Crippen LogP contribution in [0.25, 0.3) is 0 Å². The van der Waals surface area contributed by atoms with Gasteiger partial charge in [-0.3, -0.25) is 4.79 Å². The third kappa shape index (κ3) is 2.28. The lowest BCUT2D eigenvalue weighted by atomic mass is 9.95. The first kappa shape index (κ1) is 15.9. The van der Waals surface area contributed by atoms with E-state index in [4.69, 9.17) is 5.26 Å². The number of carbonyl (C=O) groups is 1. The zero-order chi connectivity index (χ0) is 17.6. The molecule has 3 N–H and O–H groups in total. The summed E-state index contributed by atoms with van der Waals surface area (Å²) < 4.78 is 0. The zero-order valence-electron chi connectivity index (χ0n) is 13.6. The monoisotopic (exact) mass is 337 g/mol. The van der Waals surface area contributed by atoms with Gasteiger partial charge in [0.2, 0.25) is 0 Å². The molecule has 1 spiro atoms. The first-order valence-corrected chi connectivity index (χ1v) is 8.33. The SMILES string of the molecule is N#Cc1c[nH]c(C(=O)N2C[C@@H](O)[C@@]3(C2)[C@H](CO)[C@H]3c2ccccc2)c1. The minimum absolute atomic E-state index is 0.0142. The maximum absolute atomic E-state index is 12.7. The molecule has 4 atom stereocenters. The van der Waals surface area contributed by atoms with Crippen LogP contribution in [0.1, 0.15) is 27.5 Å². The largest absolute Gasteiger partial charge is 0.396 e. The maximum Gasteiger partial charge on any atom is 0.270 e. The van der Waals surface area contributed by atoms with Gasteiger partial charge < -0.3 is 20.1 Å². The van der Waals surface area contributed by atoms with Crippen LogP contribution < -0.4 is 0 Å². The first-order chi connectivity index (χ1) is 12.1. The number of nitrogens with one attached hydrogen (secondary N) is 1. The molecule has 2 aliphatic rings. The molecule has 2 fully saturated rings. The number of β-amino-alcohol motifs (C(OH)–C–C–N with tert-alkyl or cyclic N) is 1. The third-order valence-corrected chi connectivity index (χ3v) is 5.73. The number of amides is 1. The topological polar surface area (TPSA) is 100 Å². The minimum atomic E-state index is -0.677. The van der Waals surface area contributed by atoms with Crippen LogP contribution in [0.3, 0.4) is 0 Å². The Morgan fingerprint density at radius 3 is 2.80 bits per heavy atom. The van der Waals surface area contributed by atoms with E-state index in [0.29, 0.717) is 17.8 Å². The Hall–Kier alpha value is -2.62. The van der Waals surface area contributed by atoms with Crippen molar-refractivity contribution in [1.29, 1.82) is 5.26 Å². The number of aromatic amines is 1. The fourth-order valence-electron chi connectivity index (χ4n) is 4.48. The Morgan fingerprint density at radius 1 is 1.40 bits per heavy atom. The number of hydrogen-bond donors (Lipinski definition) is 3. The van der Waals surface area contributed by atoms with E-state index >= 15 is 0 Å². The second-order valence-electron chi connectivity index (χ2n) is 6.91. The Bertz CT molecular complexity index is 841. The van der Waals surface area contributed by atoms with Crippen LogP contribution in [0.15, 0.2) is 42.6 Å². The average Bonchev–Trinajstić information content (AvgIpc) is 2.92. The van der Waals surface area contributed by atoms with E-state index in [1.807, 2.05) is 36.4 Å². The molecule has 0 unspecified atom stereocenters. The van der Waals surface area contributed by atoms with Gasteiger partial charge in [0.1, 0.15) is 11.8 Å². The lowest BCUT2D eigenvalue weighted by Crippen LogP contribution is -2.30. The minimum Gasteiger partial charge on any atom is -0.396 e. The predicted octanol–water partition coefficient (Wildman–Crippen LogP) is 1.10. The lowest BCUT2D eigenvalue weighted by molar-refractivity contribution is 0.0759. The maximum atomic E-state index is 12.7. The summed E-state index contributed by atoms with van der Waals surface area (Å²) in [6.07, 6.45) is 0.819. The quantitative estimate of drug-likeness (QED) is 0.780. The highest BCUT2D eigenvalue weighted by Crippen LogP contribution is 2.68. The molecule has 6 nitrogen and oxygen atoms in total. The number of nitrogens with zero attached hydrogens (tertiary/aromatic N) is 2. The number of aliphatic hydroxyl groups is 2. The second kappa shape index (κ2) is 5.73. The lowest BCUT2D eigenvalue weighted by Gasteiger charge is -2.16. The zero-order valence-corrected chi connectivity index (χ0v) is 13.6. The summed E-state index contributed by atoms with van der Waals surface area (Å²) in [6.45, 7) is 0.623. The Kier molecular flexibility index (Phi) is 3.64. The van der Waals surface area contributed by atoms with E-state index in [-0.39, 0.29) is 30.9 Å². The normalized spacial score (nSPS) is 30.4. The van der Waals surface area contributed by atoms with Gasteiger partial charge >= 0.3 is 0 Å². The van der Waals surface area contributed by atoms with Crippen molar-refractivity contribution in [2.24, 2.45) is 11.3 Å². The fraction of sp³-hybridized carbons (Fsp3) is 0.368. The second-order valence-corrected chi connectivity index (χ2v) is 6.91. The molecule has 4 rings (SSSR count). The number of aromatic nitrogens is 1. The summed E-state index contributed by atoms with van der Waals surface area (Å²) in [5, 5.41) is 29.4. The number of hydrogen-bond acceptors (Lipinski definition) is 4. The highest BCUT2D eigenvalue weighted by molar-refractivity contribution is 5.93. The smallest absolute Gasteiger partial charge is 0.270 e. The molecule has 2 heterocycles. The molecule has 1 aliphatic heterocycles. The van der Waals surface area contributed by atoms with Crippen molar-refractivity contribution < 1.29 is 15.0 Å². The van der Waals surface area contributed by atoms with Crippen molar-refractivity contribution in [3.8, 4) is 6.07 Å². The highest BCUT2D eigenvalue weighted by atomic mass is 16.3. The van der Waals surface area contributed by atoms with Crippen molar-refractivity contribution >= 4 is 5.91 Å². The number of rotatable bonds is 3. The molecule has 2 aromatic rings. The standard InChI is InChI=1S/C19H19N3O3/c20-7-12-6-15(21-8-12)18(25)22-9-16(24)19(11-22)14(10-23)17(19)13-4-2-1-3-5-13/h1-6,8,14,16-17,21,23-24H,9-11H2/t14-,16-,17-,19-/m1/s1. The molecule has 1 saturated carbocycles. The van der Waals surface area contributed by atoms with Crippen molar-refractivity contribution in [2.75, 3.05) is 19.7 Å². The molecule has 0 radical (unpaired) electrons. The van der Waals surface area contributed by atoms with E-state index < -0.39 is 11.5 Å². The molecule has 6 heteroatoms. The summed E-state index contributed by atoms with van der Waals surface area (Å²) in [7, 11) is 0. The van der Waals surface area contributed by atoms with Gasteiger partial charge in [0.15, 0.2) is 0 Å². The van der Waals surface area contributed by atoms with Crippen LogP contribution in [-0.4, -0.2) is 51.8 Å². The molecule has 128 valence electrons. The third-order valence-electron chi connectivity index (χ3n) is 5.73. The molecule has 25 heavy (non-hydrogen) atoms. The van der Waals surface area contributed by atoms with Gasteiger partial charge in [0.05, 0.1) is 11.7 Å². The summed E-state index contributed by atoms with van der Waals surface area (Å²) in [4.78, 5) is 17.1. The van der Waals surface area contributed by atoms with Crippen LogP contribution in [0, 0.1) is 22.7 Å². The summed E-state index contributed by atoms with van der Waals surface area (Å²) in [5.41, 5.74) is 1.34. The van der Waals surface area contributed by atoms with Crippen molar-refractivity contribution in [3.05, 3.63) is 59.4 Å². The van der Waals surface area contributed by atoms with Crippen LogP contribution in [0.5, 0.6) is 0 Å². The molecular formula is C19H19N3O3. The number of likely N-dealkylation sites (tertiary alicyclic amines) is 1. The molecule has 1 aliphatic carbocycles. The van der Waals surface area contributed by atoms with Gasteiger partial charge in [-0.25, -0.2) is 0 Å². The number of aliphatic hydroxyl groups excluding tert-OH is 2. The Labute approximate surface area is 145 Å². The van der Waals surface area contributed by atoms with Crippen LogP contribution in [0.4, 0.5) is 0 Å². The molecular weight excluding hydrogens is 318 g/mol. The number of nitriles is 1. The average molecular weight is 337 g/mol. The van der Waals surface area contributed by atoms with Gasteiger partial charge in [0, 0.05) is 31.3 Å². The Balaban J connectivity index is 1.59. The predicted molar refractivity (Wildman–Crippen MR) is 89.6 cm³/mol. The number of H-pyrrole nitrogens is 1. The van der Waals surface area contributed by atoms with Crippen molar-refractivity contribution in [3.63, 3.8) is 0 Å². The Morgan fingerprint density at radius 2 is 2.16 bits per heavy atom. The number of carbonyl (C=O) groups excluding carboxylic acids is 1. The van der Waals surface area contributed by atoms with Gasteiger partial charge in [-0.15, -0.1) is 0 Å². The summed E-state index contributed by atoms with van der Waals surface area (Å²) in [5.74, 6) is -0.237. The van der Waals surface area contributed by atoms with Crippen LogP contribution in [-0.2, 0) is 0 Å². The number of benzene rings is 1. The molecule has 1 aromatic heterocycles. The summed E-state index contributed by atoms with van der Waals surface area (Å²) >= 11 is 0. The van der Waals surface area contributed by atoms with E-state index in [0.717, 1.165) is 5.56 Å². The molecule has 1 amide bonds. The van der Waals surface area contributed by atoms with E-state index in [9.17, 15) is 15.0 Å². The molecule has 1 aromatic carbocycles. The first-order valence-electron chi connectivity index (χ1n) is 8.33.